The van der Waals surface area contributed by atoms with Crippen LogP contribution in [0.1, 0.15) is 48.1 Å². The fourth-order valence-electron chi connectivity index (χ4n) is 4.29. The Morgan fingerprint density at radius 2 is 1.93 bits per heavy atom. The lowest BCUT2D eigenvalue weighted by Gasteiger charge is -2.36. The molecule has 1 saturated heterocycles. The van der Waals surface area contributed by atoms with E-state index in [0.717, 1.165) is 74.0 Å². The Bertz CT molecular complexity index is 842. The number of hydrogen-bond donors (Lipinski definition) is 0. The summed E-state index contributed by atoms with van der Waals surface area (Å²) in [5.41, 5.74) is 2.11. The molecule has 1 aromatic heterocycles. The largest absolute Gasteiger partial charge is 0.483 e. The Kier molecular flexibility index (Phi) is 5.35. The monoisotopic (exact) mass is 383 g/mol. The highest BCUT2D eigenvalue weighted by atomic mass is 16.5. The Morgan fingerprint density at radius 3 is 2.71 bits per heavy atom. The second-order valence-corrected chi connectivity index (χ2v) is 7.97. The normalized spacial score (nSPS) is 20.1. The minimum atomic E-state index is -0.00697. The summed E-state index contributed by atoms with van der Waals surface area (Å²) in [6.45, 7) is 7.50. The fraction of sp³-hybridized carbons (Fsp3) is 0.571. The number of para-hydroxylation sites is 1. The van der Waals surface area contributed by atoms with Gasteiger partial charge in [-0.15, -0.1) is 10.2 Å². The van der Waals surface area contributed by atoms with Gasteiger partial charge in [-0.1, -0.05) is 18.2 Å². The van der Waals surface area contributed by atoms with E-state index in [1.807, 2.05) is 36.9 Å². The van der Waals surface area contributed by atoms with Crippen molar-refractivity contribution in [3.05, 3.63) is 41.0 Å². The number of piperidine rings is 1. The Labute approximate surface area is 166 Å². The zero-order chi connectivity index (χ0) is 19.7. The summed E-state index contributed by atoms with van der Waals surface area (Å²) in [4.78, 5) is 17.3. The molecule has 2 aliphatic heterocycles. The van der Waals surface area contributed by atoms with E-state index in [2.05, 4.69) is 26.7 Å². The maximum Gasteiger partial charge on any atom is 0.261 e. The van der Waals surface area contributed by atoms with E-state index in [1.54, 1.807) is 0 Å². The van der Waals surface area contributed by atoms with Crippen molar-refractivity contribution in [3.63, 3.8) is 0 Å². The second kappa shape index (κ2) is 7.91. The summed E-state index contributed by atoms with van der Waals surface area (Å²) >= 11 is 0. The van der Waals surface area contributed by atoms with Crippen LogP contribution in [0.2, 0.25) is 0 Å². The molecule has 2 aliphatic rings. The Hall–Kier alpha value is -2.41. The van der Waals surface area contributed by atoms with Gasteiger partial charge in [-0.05, 0) is 51.3 Å². The SMILES string of the molecule is Cc1cccc(C)c1OCC(=O)N1CCCCC1c1nnc2n1CCN(C)C2. The third-order valence-corrected chi connectivity index (χ3v) is 5.84. The maximum atomic E-state index is 13.1. The molecular formula is C21H29N5O2. The van der Waals surface area contributed by atoms with Crippen LogP contribution < -0.4 is 4.74 Å². The predicted octanol–water partition coefficient (Wildman–Crippen LogP) is 2.47. The number of hydrogen-bond acceptors (Lipinski definition) is 5. The van der Waals surface area contributed by atoms with Crippen LogP contribution >= 0.6 is 0 Å². The standard InChI is InChI=1S/C21H29N5O2/c1-15-7-6-8-16(2)20(15)28-14-19(27)25-10-5-4-9-17(25)21-23-22-18-13-24(3)11-12-26(18)21/h6-8,17H,4-5,9-14H2,1-3H3. The predicted molar refractivity (Wildman–Crippen MR) is 106 cm³/mol. The molecule has 28 heavy (non-hydrogen) atoms. The summed E-state index contributed by atoms with van der Waals surface area (Å²) in [5.74, 6) is 2.77. The molecule has 1 aromatic carbocycles. The third-order valence-electron chi connectivity index (χ3n) is 5.84. The molecule has 3 heterocycles. The molecule has 7 nitrogen and oxygen atoms in total. The van der Waals surface area contributed by atoms with Crippen LogP contribution in [0.3, 0.4) is 0 Å². The van der Waals surface area contributed by atoms with E-state index in [0.29, 0.717) is 0 Å². The molecule has 1 fully saturated rings. The second-order valence-electron chi connectivity index (χ2n) is 7.97. The molecule has 0 spiro atoms. The minimum absolute atomic E-state index is 0.00697. The van der Waals surface area contributed by atoms with Crippen LogP contribution in [0, 0.1) is 13.8 Å². The van der Waals surface area contributed by atoms with Crippen molar-refractivity contribution in [3.8, 4) is 5.75 Å². The quantitative estimate of drug-likeness (QED) is 0.812. The van der Waals surface area contributed by atoms with Gasteiger partial charge in [-0.2, -0.15) is 0 Å². The molecule has 150 valence electrons. The minimum Gasteiger partial charge on any atom is -0.483 e. The van der Waals surface area contributed by atoms with Gasteiger partial charge in [0.25, 0.3) is 5.91 Å². The van der Waals surface area contributed by atoms with Crippen molar-refractivity contribution >= 4 is 5.91 Å². The van der Waals surface area contributed by atoms with E-state index >= 15 is 0 Å². The Balaban J connectivity index is 1.50. The summed E-state index contributed by atoms with van der Waals surface area (Å²) < 4.78 is 8.15. The van der Waals surface area contributed by atoms with Crippen LogP contribution in [0.4, 0.5) is 0 Å². The van der Waals surface area contributed by atoms with Crippen molar-refractivity contribution in [2.75, 3.05) is 26.7 Å². The first kappa shape index (κ1) is 18.9. The molecular weight excluding hydrogens is 354 g/mol. The van der Waals surface area contributed by atoms with Crippen LogP contribution in [0.5, 0.6) is 5.75 Å². The van der Waals surface area contributed by atoms with Gasteiger partial charge in [0.05, 0.1) is 12.6 Å². The number of carbonyl (C=O) groups is 1. The van der Waals surface area contributed by atoms with Crippen molar-refractivity contribution in [2.45, 2.75) is 52.2 Å². The molecule has 2 aromatic rings. The average Bonchev–Trinajstić information content (AvgIpc) is 3.10. The summed E-state index contributed by atoms with van der Waals surface area (Å²) in [6, 6.07) is 6.02. The number of amides is 1. The van der Waals surface area contributed by atoms with Gasteiger partial charge in [0.2, 0.25) is 0 Å². The molecule has 1 unspecified atom stereocenters. The van der Waals surface area contributed by atoms with Crippen molar-refractivity contribution < 1.29 is 9.53 Å². The zero-order valence-electron chi connectivity index (χ0n) is 17.0. The highest BCUT2D eigenvalue weighted by Gasteiger charge is 2.33. The maximum absolute atomic E-state index is 13.1. The molecule has 0 N–H and O–H groups in total. The summed E-state index contributed by atoms with van der Waals surface area (Å²) in [5, 5.41) is 8.88. The highest BCUT2D eigenvalue weighted by molar-refractivity contribution is 5.78. The molecule has 0 radical (unpaired) electrons. The van der Waals surface area contributed by atoms with Crippen LogP contribution in [0.15, 0.2) is 18.2 Å². The number of rotatable bonds is 4. The van der Waals surface area contributed by atoms with Gasteiger partial charge in [0.1, 0.15) is 11.6 Å². The number of ether oxygens (including phenoxy) is 1. The lowest BCUT2D eigenvalue weighted by molar-refractivity contribution is -0.137. The fourth-order valence-corrected chi connectivity index (χ4v) is 4.29. The van der Waals surface area contributed by atoms with Gasteiger partial charge >= 0.3 is 0 Å². The van der Waals surface area contributed by atoms with E-state index in [1.165, 1.54) is 0 Å². The van der Waals surface area contributed by atoms with Crippen molar-refractivity contribution in [2.24, 2.45) is 0 Å². The van der Waals surface area contributed by atoms with Gasteiger partial charge in [0.15, 0.2) is 12.4 Å². The van der Waals surface area contributed by atoms with Gasteiger partial charge in [-0.3, -0.25) is 9.69 Å². The molecule has 1 amide bonds. The lowest BCUT2D eigenvalue weighted by atomic mass is 10.0. The lowest BCUT2D eigenvalue weighted by Crippen LogP contribution is -2.42. The molecule has 0 saturated carbocycles. The van der Waals surface area contributed by atoms with E-state index in [4.69, 9.17) is 4.74 Å². The first-order chi connectivity index (χ1) is 13.5. The molecule has 7 heteroatoms. The number of carbonyl (C=O) groups excluding carboxylic acids is 1. The van der Waals surface area contributed by atoms with Gasteiger partial charge in [0, 0.05) is 19.6 Å². The number of aromatic nitrogens is 3. The number of aryl methyl sites for hydroxylation is 2. The number of likely N-dealkylation sites (N-methyl/N-ethyl adjacent to an activating group) is 1. The van der Waals surface area contributed by atoms with Crippen LogP contribution in [-0.4, -0.2) is 57.2 Å². The molecule has 0 aliphatic carbocycles. The van der Waals surface area contributed by atoms with Crippen molar-refractivity contribution in [1.82, 2.24) is 24.6 Å². The number of fused-ring (bicyclic) bond motifs is 1. The average molecular weight is 383 g/mol. The van der Waals surface area contributed by atoms with Crippen LogP contribution in [0.25, 0.3) is 0 Å². The van der Waals surface area contributed by atoms with E-state index < -0.39 is 0 Å². The number of nitrogens with zero attached hydrogens (tertiary/aromatic N) is 5. The highest BCUT2D eigenvalue weighted by Crippen LogP contribution is 2.31. The number of likely N-dealkylation sites (tertiary alicyclic amines) is 1. The first-order valence-electron chi connectivity index (χ1n) is 10.1. The van der Waals surface area contributed by atoms with Crippen molar-refractivity contribution in [1.29, 1.82) is 0 Å². The zero-order valence-corrected chi connectivity index (χ0v) is 17.0. The molecule has 4 rings (SSSR count). The molecule has 0 bridgehead atoms. The van der Waals surface area contributed by atoms with E-state index in [9.17, 15) is 4.79 Å². The van der Waals surface area contributed by atoms with Crippen LogP contribution in [-0.2, 0) is 17.9 Å². The topological polar surface area (TPSA) is 63.5 Å². The third kappa shape index (κ3) is 3.63. The smallest absolute Gasteiger partial charge is 0.261 e. The first-order valence-corrected chi connectivity index (χ1v) is 10.1. The van der Waals surface area contributed by atoms with E-state index in [-0.39, 0.29) is 18.6 Å². The Morgan fingerprint density at radius 1 is 1.14 bits per heavy atom. The summed E-state index contributed by atoms with van der Waals surface area (Å²) in [7, 11) is 2.10. The van der Waals surface area contributed by atoms with Gasteiger partial charge in [-0.25, -0.2) is 0 Å². The number of benzene rings is 1. The molecule has 1 atom stereocenters. The van der Waals surface area contributed by atoms with Gasteiger partial charge < -0.3 is 14.2 Å². The summed E-state index contributed by atoms with van der Waals surface area (Å²) in [6.07, 6.45) is 3.06.